The number of hydrogen-bond acceptors (Lipinski definition) is 7. The maximum Gasteiger partial charge on any atom is 0.201 e. The predicted octanol–water partition coefficient (Wildman–Crippen LogP) is 4.77. The normalized spacial score (nSPS) is 40.9. The van der Waals surface area contributed by atoms with E-state index in [0.29, 0.717) is 38.2 Å². The van der Waals surface area contributed by atoms with E-state index in [2.05, 4.69) is 40.0 Å². The number of hydrogen-bond donors (Lipinski definition) is 1. The van der Waals surface area contributed by atoms with Crippen LogP contribution in [0.3, 0.4) is 0 Å². The predicted molar refractivity (Wildman–Crippen MR) is 145 cm³/mol. The second-order valence-corrected chi connectivity index (χ2v) is 12.5. The molecule has 6 fully saturated rings. The molecule has 5 aliphatic heterocycles. The second kappa shape index (κ2) is 11.0. The third-order valence-electron chi connectivity index (χ3n) is 9.12. The number of morpholine rings is 1. The lowest BCUT2D eigenvalue weighted by Gasteiger charge is -2.60. The fourth-order valence-corrected chi connectivity index (χ4v) is 7.47. The number of aliphatic imine (C=N–C) groups is 1. The van der Waals surface area contributed by atoms with E-state index in [9.17, 15) is 0 Å². The first kappa shape index (κ1) is 26.9. The van der Waals surface area contributed by atoms with Crippen molar-refractivity contribution in [2.75, 3.05) is 44.8 Å². The summed E-state index contributed by atoms with van der Waals surface area (Å²) in [6.45, 7) is 10.4. The number of guanidine groups is 1. The molecule has 1 aliphatic carbocycles. The Morgan fingerprint density at radius 3 is 2.82 bits per heavy atom. The average molecular weight is 595 g/mol. The van der Waals surface area contributed by atoms with E-state index in [1.807, 2.05) is 31.2 Å². The van der Waals surface area contributed by atoms with Crippen LogP contribution in [0, 0.1) is 23.7 Å². The SMILES string of the molecule is C[C@H]1[C@@H](OCCN=C(Nc2cccc(Br)c2)N2CCOCC2)O[C@@H]2O[C@@]3(C)CC[C@H]4[C@H](C)CC[C@@H]1[C@@]24OO3. The minimum atomic E-state index is -0.780. The fraction of sp³-hybridized carbons (Fsp3) is 0.750. The Morgan fingerprint density at radius 2 is 2.00 bits per heavy atom. The first-order chi connectivity index (χ1) is 18.4. The molecule has 1 aromatic carbocycles. The molecule has 38 heavy (non-hydrogen) atoms. The summed E-state index contributed by atoms with van der Waals surface area (Å²) in [5, 5.41) is 3.49. The van der Waals surface area contributed by atoms with E-state index in [4.69, 9.17) is 33.7 Å². The maximum atomic E-state index is 6.54. The Labute approximate surface area is 233 Å². The minimum Gasteiger partial charge on any atom is -0.378 e. The zero-order valence-corrected chi connectivity index (χ0v) is 24.2. The maximum absolute atomic E-state index is 6.54. The summed E-state index contributed by atoms with van der Waals surface area (Å²) in [7, 11) is 0. The lowest BCUT2D eigenvalue weighted by Crippen LogP contribution is -2.70. The van der Waals surface area contributed by atoms with Gasteiger partial charge in [0.2, 0.25) is 5.79 Å². The van der Waals surface area contributed by atoms with Crippen LogP contribution in [-0.4, -0.2) is 74.3 Å². The van der Waals surface area contributed by atoms with Crippen molar-refractivity contribution in [2.24, 2.45) is 28.7 Å². The van der Waals surface area contributed by atoms with Gasteiger partial charge >= 0.3 is 0 Å². The van der Waals surface area contributed by atoms with Crippen molar-refractivity contribution in [2.45, 2.75) is 70.4 Å². The third kappa shape index (κ3) is 5.02. The van der Waals surface area contributed by atoms with Crippen LogP contribution >= 0.6 is 15.9 Å². The van der Waals surface area contributed by atoms with Crippen LogP contribution in [0.1, 0.15) is 46.5 Å². The van der Waals surface area contributed by atoms with E-state index < -0.39 is 17.7 Å². The molecule has 10 heteroatoms. The molecule has 7 rings (SSSR count). The standard InChI is InChI=1S/C28H40BrN3O6/c1-18-7-8-23-19(2)24(35-25-28(23)22(18)9-10-27(3,36-25)37-38-28)34-14-11-30-26(32-12-15-33-16-13-32)31-21-6-4-5-20(29)17-21/h4-6,17-19,22-25H,7-16H2,1-3H3,(H,30,31)/t18-,19-,22+,23+,24+,25-,27-,28-/m1/s1. The largest absolute Gasteiger partial charge is 0.378 e. The van der Waals surface area contributed by atoms with E-state index in [1.54, 1.807) is 0 Å². The number of anilines is 1. The van der Waals surface area contributed by atoms with E-state index >= 15 is 0 Å². The summed E-state index contributed by atoms with van der Waals surface area (Å²) in [6, 6.07) is 8.10. The lowest BCUT2D eigenvalue weighted by atomic mass is 9.58. The van der Waals surface area contributed by atoms with Gasteiger partial charge in [-0.2, -0.15) is 0 Å². The van der Waals surface area contributed by atoms with Crippen LogP contribution in [-0.2, 0) is 28.7 Å². The van der Waals surface area contributed by atoms with Crippen LogP contribution in [0.2, 0.25) is 0 Å². The Morgan fingerprint density at radius 1 is 1.16 bits per heavy atom. The number of nitrogens with one attached hydrogen (secondary N) is 1. The monoisotopic (exact) mass is 593 g/mol. The molecule has 0 radical (unpaired) electrons. The Hall–Kier alpha value is -1.27. The van der Waals surface area contributed by atoms with Crippen molar-refractivity contribution in [1.29, 1.82) is 0 Å². The minimum absolute atomic E-state index is 0.151. The number of rotatable bonds is 5. The molecule has 5 heterocycles. The average Bonchev–Trinajstić information content (AvgIpc) is 3.15. The highest BCUT2D eigenvalue weighted by Crippen LogP contribution is 2.60. The molecule has 8 atom stereocenters. The zero-order chi connectivity index (χ0) is 26.3. The van der Waals surface area contributed by atoms with Crippen molar-refractivity contribution in [3.8, 4) is 0 Å². The van der Waals surface area contributed by atoms with Crippen LogP contribution in [0.25, 0.3) is 0 Å². The molecule has 6 aliphatic rings. The molecule has 0 unspecified atom stereocenters. The lowest BCUT2D eigenvalue weighted by molar-refractivity contribution is -0.577. The van der Waals surface area contributed by atoms with Gasteiger partial charge in [-0.25, -0.2) is 9.78 Å². The smallest absolute Gasteiger partial charge is 0.201 e. The first-order valence-electron chi connectivity index (χ1n) is 14.1. The van der Waals surface area contributed by atoms with Crippen LogP contribution in [0.4, 0.5) is 5.69 Å². The molecular weight excluding hydrogens is 554 g/mol. The number of ether oxygens (including phenoxy) is 4. The Bertz CT molecular complexity index is 1020. The van der Waals surface area contributed by atoms with E-state index in [0.717, 1.165) is 48.5 Å². The zero-order valence-electron chi connectivity index (χ0n) is 22.6. The number of halogens is 1. The molecule has 1 aromatic rings. The first-order valence-corrected chi connectivity index (χ1v) is 14.9. The van der Waals surface area contributed by atoms with Gasteiger partial charge in [-0.05, 0) is 56.2 Å². The van der Waals surface area contributed by atoms with Gasteiger partial charge < -0.3 is 29.2 Å². The van der Waals surface area contributed by atoms with Crippen molar-refractivity contribution in [1.82, 2.24) is 4.90 Å². The Balaban J connectivity index is 1.14. The second-order valence-electron chi connectivity index (χ2n) is 11.6. The molecular formula is C28H40BrN3O6. The number of nitrogens with zero attached hydrogens (tertiary/aromatic N) is 2. The van der Waals surface area contributed by atoms with Gasteiger partial charge in [0.25, 0.3) is 0 Å². The van der Waals surface area contributed by atoms with Gasteiger partial charge in [0, 0.05) is 41.5 Å². The molecule has 2 bridgehead atoms. The van der Waals surface area contributed by atoms with Crippen molar-refractivity contribution >= 4 is 27.6 Å². The van der Waals surface area contributed by atoms with Crippen molar-refractivity contribution in [3.05, 3.63) is 28.7 Å². The highest BCUT2D eigenvalue weighted by atomic mass is 79.9. The summed E-state index contributed by atoms with van der Waals surface area (Å²) >= 11 is 3.55. The molecule has 5 saturated heterocycles. The highest BCUT2D eigenvalue weighted by Gasteiger charge is 2.69. The summed E-state index contributed by atoms with van der Waals surface area (Å²) in [6.07, 6.45) is 3.19. The van der Waals surface area contributed by atoms with Gasteiger partial charge in [-0.15, -0.1) is 0 Å². The molecule has 1 saturated carbocycles. The third-order valence-corrected chi connectivity index (χ3v) is 9.62. The topological polar surface area (TPSA) is 83.0 Å². The quantitative estimate of drug-likeness (QED) is 0.226. The summed E-state index contributed by atoms with van der Waals surface area (Å²) in [4.78, 5) is 19.3. The van der Waals surface area contributed by atoms with Crippen LogP contribution in [0.15, 0.2) is 33.7 Å². The number of fused-ring (bicyclic) bond motifs is 2. The van der Waals surface area contributed by atoms with Crippen molar-refractivity contribution in [3.63, 3.8) is 0 Å². The van der Waals surface area contributed by atoms with Crippen molar-refractivity contribution < 1.29 is 28.7 Å². The summed E-state index contributed by atoms with van der Waals surface area (Å²) < 4.78 is 25.9. The van der Waals surface area contributed by atoms with Gasteiger partial charge in [-0.1, -0.05) is 35.8 Å². The molecule has 210 valence electrons. The fourth-order valence-electron chi connectivity index (χ4n) is 7.07. The molecule has 0 aromatic heterocycles. The van der Waals surface area contributed by atoms with Gasteiger partial charge in [0.05, 0.1) is 26.4 Å². The summed E-state index contributed by atoms with van der Waals surface area (Å²) in [5.41, 5.74) is 0.417. The van der Waals surface area contributed by atoms with Crippen LogP contribution < -0.4 is 5.32 Å². The molecule has 0 amide bonds. The molecule has 1 spiro atoms. The summed E-state index contributed by atoms with van der Waals surface area (Å²) in [5.74, 6) is 1.35. The molecule has 9 nitrogen and oxygen atoms in total. The van der Waals surface area contributed by atoms with E-state index in [1.165, 1.54) is 6.42 Å². The van der Waals surface area contributed by atoms with Gasteiger partial charge in [0.1, 0.15) is 0 Å². The molecule has 1 N–H and O–H groups in total. The van der Waals surface area contributed by atoms with Crippen LogP contribution in [0.5, 0.6) is 0 Å². The van der Waals surface area contributed by atoms with Gasteiger partial charge in [0.15, 0.2) is 24.1 Å². The van der Waals surface area contributed by atoms with E-state index in [-0.39, 0.29) is 18.1 Å². The Kier molecular flexibility index (Phi) is 7.76. The highest BCUT2D eigenvalue weighted by molar-refractivity contribution is 9.10. The van der Waals surface area contributed by atoms with Gasteiger partial charge in [-0.3, -0.25) is 4.99 Å². The number of benzene rings is 1.